The van der Waals surface area contributed by atoms with Gasteiger partial charge in [0.1, 0.15) is 0 Å². The van der Waals surface area contributed by atoms with E-state index in [9.17, 15) is 0 Å². The first-order valence-electron chi connectivity index (χ1n) is 5.91. The monoisotopic (exact) mass is 216 g/mol. The van der Waals surface area contributed by atoms with Crippen molar-refractivity contribution in [3.63, 3.8) is 0 Å². The molecule has 0 saturated carbocycles. The molecule has 86 valence electrons. The van der Waals surface area contributed by atoms with E-state index in [1.54, 1.807) is 0 Å². The van der Waals surface area contributed by atoms with Crippen molar-refractivity contribution in [3.8, 4) is 0 Å². The van der Waals surface area contributed by atoms with Gasteiger partial charge in [-0.15, -0.1) is 0 Å². The van der Waals surface area contributed by atoms with Gasteiger partial charge >= 0.3 is 0 Å². The molecular weight excluding hydrogens is 196 g/mol. The highest BCUT2D eigenvalue weighted by Crippen LogP contribution is 2.24. The van der Waals surface area contributed by atoms with Crippen LogP contribution < -0.4 is 5.73 Å². The number of nitrogens with one attached hydrogen (secondary N) is 1. The van der Waals surface area contributed by atoms with Crippen molar-refractivity contribution in [1.29, 1.82) is 0 Å². The SMILES string of the molecule is Cc1ccc2[nH]c(C)c(CCC(C)N)c2c1. The standard InChI is InChI=1S/C14H20N2/c1-9-4-7-14-13(8-9)12(11(3)16-14)6-5-10(2)15/h4,7-8,10,16H,5-6,15H2,1-3H3. The summed E-state index contributed by atoms with van der Waals surface area (Å²) in [5.41, 5.74) is 11.1. The summed E-state index contributed by atoms with van der Waals surface area (Å²) in [6.07, 6.45) is 2.11. The van der Waals surface area contributed by atoms with Crippen LogP contribution in [0.1, 0.15) is 30.2 Å². The van der Waals surface area contributed by atoms with Gasteiger partial charge in [0.25, 0.3) is 0 Å². The molecule has 0 bridgehead atoms. The summed E-state index contributed by atoms with van der Waals surface area (Å²) in [7, 11) is 0. The Labute approximate surface area is 96.9 Å². The molecular formula is C14H20N2. The molecule has 0 aliphatic heterocycles. The number of hydrogen-bond acceptors (Lipinski definition) is 1. The maximum absolute atomic E-state index is 5.82. The second kappa shape index (κ2) is 4.30. The van der Waals surface area contributed by atoms with E-state index in [4.69, 9.17) is 5.73 Å². The number of H-pyrrole nitrogens is 1. The highest BCUT2D eigenvalue weighted by atomic mass is 14.7. The fourth-order valence-corrected chi connectivity index (χ4v) is 2.19. The minimum atomic E-state index is 0.272. The smallest absolute Gasteiger partial charge is 0.0459 e. The number of benzene rings is 1. The number of fused-ring (bicyclic) bond motifs is 1. The third-order valence-electron chi connectivity index (χ3n) is 3.12. The van der Waals surface area contributed by atoms with Crippen LogP contribution in [-0.4, -0.2) is 11.0 Å². The van der Waals surface area contributed by atoms with E-state index in [2.05, 4.69) is 44.0 Å². The maximum Gasteiger partial charge on any atom is 0.0459 e. The Balaban J connectivity index is 2.42. The zero-order chi connectivity index (χ0) is 11.7. The Morgan fingerprint density at radius 2 is 2.06 bits per heavy atom. The van der Waals surface area contributed by atoms with Crippen molar-refractivity contribution < 1.29 is 0 Å². The molecule has 16 heavy (non-hydrogen) atoms. The van der Waals surface area contributed by atoms with Gasteiger partial charge in [-0.2, -0.15) is 0 Å². The van der Waals surface area contributed by atoms with Crippen LogP contribution in [0.15, 0.2) is 18.2 Å². The molecule has 1 unspecified atom stereocenters. The van der Waals surface area contributed by atoms with Gasteiger partial charge in [0.2, 0.25) is 0 Å². The predicted octanol–water partition coefficient (Wildman–Crippen LogP) is 3.06. The van der Waals surface area contributed by atoms with Crippen molar-refractivity contribution in [2.45, 2.75) is 39.7 Å². The summed E-state index contributed by atoms with van der Waals surface area (Å²) in [4.78, 5) is 3.44. The van der Waals surface area contributed by atoms with Gasteiger partial charge < -0.3 is 10.7 Å². The van der Waals surface area contributed by atoms with Crippen molar-refractivity contribution in [2.75, 3.05) is 0 Å². The molecule has 2 rings (SSSR count). The fraction of sp³-hybridized carbons (Fsp3) is 0.429. The van der Waals surface area contributed by atoms with Gasteiger partial charge in [0.05, 0.1) is 0 Å². The fourth-order valence-electron chi connectivity index (χ4n) is 2.19. The molecule has 1 aromatic carbocycles. The van der Waals surface area contributed by atoms with Crippen molar-refractivity contribution in [3.05, 3.63) is 35.0 Å². The van der Waals surface area contributed by atoms with Gasteiger partial charge in [0.15, 0.2) is 0 Å². The van der Waals surface area contributed by atoms with E-state index in [1.807, 2.05) is 0 Å². The van der Waals surface area contributed by atoms with E-state index >= 15 is 0 Å². The van der Waals surface area contributed by atoms with Crippen molar-refractivity contribution in [2.24, 2.45) is 5.73 Å². The molecule has 0 aliphatic carbocycles. The summed E-state index contributed by atoms with van der Waals surface area (Å²) in [5.74, 6) is 0. The van der Waals surface area contributed by atoms with Crippen LogP contribution in [-0.2, 0) is 6.42 Å². The first kappa shape index (κ1) is 11.2. The Kier molecular flexibility index (Phi) is 3.01. The highest BCUT2D eigenvalue weighted by Gasteiger charge is 2.08. The Bertz CT molecular complexity index is 495. The van der Waals surface area contributed by atoms with Crippen LogP contribution >= 0.6 is 0 Å². The molecule has 2 heteroatoms. The van der Waals surface area contributed by atoms with E-state index in [0.717, 1.165) is 12.8 Å². The number of hydrogen-bond donors (Lipinski definition) is 2. The molecule has 0 fully saturated rings. The number of aryl methyl sites for hydroxylation is 3. The van der Waals surface area contributed by atoms with Crippen LogP contribution in [0, 0.1) is 13.8 Å². The lowest BCUT2D eigenvalue weighted by molar-refractivity contribution is 0.666. The Morgan fingerprint density at radius 3 is 2.75 bits per heavy atom. The molecule has 0 amide bonds. The first-order valence-corrected chi connectivity index (χ1v) is 5.91. The molecule has 1 aromatic heterocycles. The summed E-state index contributed by atoms with van der Waals surface area (Å²) >= 11 is 0. The molecule has 0 saturated heterocycles. The summed E-state index contributed by atoms with van der Waals surface area (Å²) in [5, 5.41) is 1.36. The van der Waals surface area contributed by atoms with Gasteiger partial charge in [-0.1, -0.05) is 11.6 Å². The van der Waals surface area contributed by atoms with Gasteiger partial charge in [-0.25, -0.2) is 0 Å². The Hall–Kier alpha value is -1.28. The van der Waals surface area contributed by atoms with Crippen LogP contribution in [0.25, 0.3) is 10.9 Å². The minimum Gasteiger partial charge on any atom is -0.358 e. The highest BCUT2D eigenvalue weighted by molar-refractivity contribution is 5.85. The van der Waals surface area contributed by atoms with Crippen LogP contribution in [0.5, 0.6) is 0 Å². The average Bonchev–Trinajstić information content (AvgIpc) is 2.51. The molecule has 2 aromatic rings. The van der Waals surface area contributed by atoms with E-state index < -0.39 is 0 Å². The largest absolute Gasteiger partial charge is 0.358 e. The molecule has 0 spiro atoms. The first-order chi connectivity index (χ1) is 7.58. The normalized spacial score (nSPS) is 13.2. The Morgan fingerprint density at radius 1 is 1.31 bits per heavy atom. The van der Waals surface area contributed by atoms with Crippen LogP contribution in [0.3, 0.4) is 0 Å². The third-order valence-corrected chi connectivity index (χ3v) is 3.12. The second-order valence-electron chi connectivity index (χ2n) is 4.79. The van der Waals surface area contributed by atoms with Crippen molar-refractivity contribution >= 4 is 10.9 Å². The number of aromatic amines is 1. The topological polar surface area (TPSA) is 41.8 Å². The third kappa shape index (κ3) is 2.12. The molecule has 2 nitrogen and oxygen atoms in total. The van der Waals surface area contributed by atoms with Gasteiger partial charge in [-0.05, 0) is 51.3 Å². The van der Waals surface area contributed by atoms with E-state index in [-0.39, 0.29) is 6.04 Å². The average molecular weight is 216 g/mol. The lowest BCUT2D eigenvalue weighted by atomic mass is 10.0. The number of nitrogens with two attached hydrogens (primary N) is 1. The molecule has 0 radical (unpaired) electrons. The zero-order valence-corrected chi connectivity index (χ0v) is 10.3. The second-order valence-corrected chi connectivity index (χ2v) is 4.79. The maximum atomic E-state index is 5.82. The quantitative estimate of drug-likeness (QED) is 0.813. The van der Waals surface area contributed by atoms with Crippen LogP contribution in [0.4, 0.5) is 0 Å². The predicted molar refractivity (Wildman–Crippen MR) is 69.7 cm³/mol. The minimum absolute atomic E-state index is 0.272. The summed E-state index contributed by atoms with van der Waals surface area (Å²) in [6, 6.07) is 6.84. The lowest BCUT2D eigenvalue weighted by Gasteiger charge is -2.05. The summed E-state index contributed by atoms with van der Waals surface area (Å²) in [6.45, 7) is 6.35. The number of aromatic nitrogens is 1. The van der Waals surface area contributed by atoms with Crippen LogP contribution in [0.2, 0.25) is 0 Å². The number of rotatable bonds is 3. The molecule has 3 N–H and O–H groups in total. The lowest BCUT2D eigenvalue weighted by Crippen LogP contribution is -2.15. The van der Waals surface area contributed by atoms with E-state index in [0.29, 0.717) is 0 Å². The molecule has 1 heterocycles. The summed E-state index contributed by atoms with van der Waals surface area (Å²) < 4.78 is 0. The molecule has 1 atom stereocenters. The van der Waals surface area contributed by atoms with E-state index in [1.165, 1.54) is 27.7 Å². The van der Waals surface area contributed by atoms with Crippen molar-refractivity contribution in [1.82, 2.24) is 4.98 Å². The molecule has 0 aliphatic rings. The van der Waals surface area contributed by atoms with Gasteiger partial charge in [0, 0.05) is 22.6 Å². The zero-order valence-electron chi connectivity index (χ0n) is 10.3. The van der Waals surface area contributed by atoms with Gasteiger partial charge in [-0.3, -0.25) is 0 Å².